The van der Waals surface area contributed by atoms with Gasteiger partial charge in [0.15, 0.2) is 15.9 Å². The molecule has 1 N–H and O–H groups in total. The van der Waals surface area contributed by atoms with Crippen LogP contribution < -0.4 is 9.75 Å². The highest BCUT2D eigenvalue weighted by Crippen LogP contribution is 2.37. The molecule has 0 aromatic heterocycles. The Bertz CT molecular complexity index is 1470. The van der Waals surface area contributed by atoms with Crippen LogP contribution >= 0.6 is 23.2 Å². The summed E-state index contributed by atoms with van der Waals surface area (Å²) in [5.41, 5.74) is 0.217. The van der Waals surface area contributed by atoms with Gasteiger partial charge in [0.05, 0.1) is 33.4 Å². The fourth-order valence-electron chi connectivity index (χ4n) is 2.88. The Labute approximate surface area is 205 Å². The maximum atomic E-state index is 13.0. The van der Waals surface area contributed by atoms with Crippen molar-refractivity contribution in [3.8, 4) is 5.75 Å². The molecule has 0 spiro atoms. The van der Waals surface area contributed by atoms with E-state index in [0.717, 1.165) is 22.5 Å². The van der Waals surface area contributed by atoms with Crippen molar-refractivity contribution < 1.29 is 30.9 Å². The highest BCUT2D eigenvalue weighted by atomic mass is 35.5. The molecular weight excluding hydrogens is 531 g/mol. The van der Waals surface area contributed by atoms with Crippen LogP contribution in [0.5, 0.6) is 5.75 Å². The van der Waals surface area contributed by atoms with Gasteiger partial charge in [0, 0.05) is 5.41 Å². The monoisotopic (exact) mass is 546 g/mol. The van der Waals surface area contributed by atoms with Crippen molar-refractivity contribution >= 4 is 66.2 Å². The molecule has 0 saturated carbocycles. The molecule has 1 amide bonds. The third-order valence-electron chi connectivity index (χ3n) is 4.58. The van der Waals surface area contributed by atoms with E-state index in [1.54, 1.807) is 0 Å². The Morgan fingerprint density at radius 1 is 1.18 bits per heavy atom. The molecule has 0 saturated heterocycles. The smallest absolute Gasteiger partial charge is 0.296 e. The maximum Gasteiger partial charge on any atom is 0.296 e. The molecule has 34 heavy (non-hydrogen) atoms. The summed E-state index contributed by atoms with van der Waals surface area (Å²) in [5.74, 6) is -0.480. The number of rotatable bonds is 7. The topological polar surface area (TPSA) is 155 Å². The Hall–Kier alpha value is -2.84. The molecule has 180 valence electrons. The first kappa shape index (κ1) is 25.8. The summed E-state index contributed by atoms with van der Waals surface area (Å²) in [4.78, 5) is 12.2. The van der Waals surface area contributed by atoms with Crippen molar-refractivity contribution in [2.24, 2.45) is 15.3 Å². The van der Waals surface area contributed by atoms with E-state index in [-0.39, 0.29) is 37.8 Å². The van der Waals surface area contributed by atoms with E-state index < -0.39 is 36.8 Å². The minimum Gasteiger partial charge on any atom is -0.494 e. The molecule has 11 nitrogen and oxygen atoms in total. The summed E-state index contributed by atoms with van der Waals surface area (Å²) in [7, 11) is -7.04. The van der Waals surface area contributed by atoms with Crippen molar-refractivity contribution in [3.05, 3.63) is 52.4 Å². The first-order chi connectivity index (χ1) is 15.8. The summed E-state index contributed by atoms with van der Waals surface area (Å²) in [6.45, 7) is 4.77. The van der Waals surface area contributed by atoms with Gasteiger partial charge in [-0.05, 0) is 37.3 Å². The van der Waals surface area contributed by atoms with Crippen molar-refractivity contribution in [1.82, 2.24) is 0 Å². The molecule has 1 unspecified atom stereocenters. The lowest BCUT2D eigenvalue weighted by molar-refractivity contribution is -0.117. The van der Waals surface area contributed by atoms with Crippen LogP contribution in [0.4, 0.5) is 11.4 Å². The number of sulfone groups is 1. The van der Waals surface area contributed by atoms with Gasteiger partial charge >= 0.3 is 0 Å². The predicted molar refractivity (Wildman–Crippen MR) is 126 cm³/mol. The van der Waals surface area contributed by atoms with Gasteiger partial charge in [0.2, 0.25) is 0 Å². The molecule has 1 aliphatic heterocycles. The van der Waals surface area contributed by atoms with E-state index in [1.807, 2.05) is 0 Å². The number of hydrogen-bond donors (Lipinski definition) is 1. The van der Waals surface area contributed by atoms with Crippen LogP contribution in [0.25, 0.3) is 0 Å². The summed E-state index contributed by atoms with van der Waals surface area (Å²) < 4.78 is 61.4. The van der Waals surface area contributed by atoms with Crippen molar-refractivity contribution in [2.45, 2.75) is 22.8 Å². The van der Waals surface area contributed by atoms with Crippen molar-refractivity contribution in [3.63, 3.8) is 0 Å². The molecule has 0 bridgehead atoms. The van der Waals surface area contributed by atoms with Crippen molar-refractivity contribution in [2.75, 3.05) is 12.1 Å². The number of ether oxygens (including phenoxy) is 1. The molecule has 0 fully saturated rings. The van der Waals surface area contributed by atoms with Gasteiger partial charge in [-0.15, -0.1) is 0 Å². The molecule has 0 aliphatic carbocycles. The standard InChI is InChI=1S/C19H16Cl2N4O7S2/c1-4-33(27,28)11-5-6-16(32-3)14(7-11)22-23-18-10(2)24-25(19(18)26)15-8-13(21)17(9-12(15)20)34(29,30)31/h4-9,18H,1H2,2-3H3,(H,29,30,31). The second-order valence-corrected chi connectivity index (χ2v) is 10.9. The van der Waals surface area contributed by atoms with E-state index in [0.29, 0.717) is 0 Å². The van der Waals surface area contributed by atoms with Crippen LogP contribution in [0.15, 0.2) is 67.4 Å². The molecule has 15 heteroatoms. The van der Waals surface area contributed by atoms with Gasteiger partial charge < -0.3 is 4.74 Å². The number of benzene rings is 2. The van der Waals surface area contributed by atoms with Gasteiger partial charge in [0.25, 0.3) is 16.0 Å². The van der Waals surface area contributed by atoms with E-state index in [2.05, 4.69) is 21.9 Å². The third kappa shape index (κ3) is 4.98. The number of carbonyl (C=O) groups excluding carboxylic acids is 1. The minimum atomic E-state index is -4.64. The number of methoxy groups -OCH3 is 1. The second kappa shape index (κ2) is 9.43. The number of hydrazone groups is 1. The number of hydrogen-bond acceptors (Lipinski definition) is 9. The second-order valence-electron chi connectivity index (χ2n) is 6.76. The summed E-state index contributed by atoms with van der Waals surface area (Å²) in [5, 5.41) is 13.1. The zero-order valence-corrected chi connectivity index (χ0v) is 20.7. The Balaban J connectivity index is 1.97. The van der Waals surface area contributed by atoms with Crippen LogP contribution in [0.1, 0.15) is 6.92 Å². The Kier molecular flexibility index (Phi) is 7.15. The van der Waals surface area contributed by atoms with Gasteiger partial charge in [-0.2, -0.15) is 28.8 Å². The Morgan fingerprint density at radius 2 is 1.85 bits per heavy atom. The number of azo groups is 1. The first-order valence-electron chi connectivity index (χ1n) is 9.12. The quantitative estimate of drug-likeness (QED) is 0.405. The highest BCUT2D eigenvalue weighted by molar-refractivity contribution is 7.94. The first-order valence-corrected chi connectivity index (χ1v) is 12.9. The molecule has 2 aromatic carbocycles. The molecule has 1 atom stereocenters. The molecule has 2 aromatic rings. The largest absolute Gasteiger partial charge is 0.494 e. The van der Waals surface area contributed by atoms with Gasteiger partial charge in [-0.25, -0.2) is 8.42 Å². The van der Waals surface area contributed by atoms with Crippen LogP contribution in [0, 0.1) is 0 Å². The number of nitrogens with zero attached hydrogens (tertiary/aromatic N) is 4. The van der Waals surface area contributed by atoms with E-state index in [1.165, 1.54) is 32.2 Å². The lowest BCUT2D eigenvalue weighted by Crippen LogP contribution is -2.30. The van der Waals surface area contributed by atoms with E-state index >= 15 is 0 Å². The zero-order chi connectivity index (χ0) is 25.4. The summed E-state index contributed by atoms with van der Waals surface area (Å²) in [6.07, 6.45) is 0. The SMILES string of the molecule is C=CS(=O)(=O)c1ccc(OC)c(N=NC2C(=O)N(c3cc(Cl)c(S(=O)(=O)O)cc3Cl)N=C2C)c1. The normalized spacial score (nSPS) is 16.7. The Morgan fingerprint density at radius 3 is 2.44 bits per heavy atom. The predicted octanol–water partition coefficient (Wildman–Crippen LogP) is 4.04. The molecular formula is C19H16Cl2N4O7S2. The number of carbonyl (C=O) groups is 1. The highest BCUT2D eigenvalue weighted by Gasteiger charge is 2.36. The fourth-order valence-corrected chi connectivity index (χ4v) is 4.94. The van der Waals surface area contributed by atoms with Gasteiger partial charge in [0.1, 0.15) is 16.3 Å². The molecule has 3 rings (SSSR count). The number of halogens is 2. The van der Waals surface area contributed by atoms with Gasteiger partial charge in [-0.1, -0.05) is 29.8 Å². The van der Waals surface area contributed by atoms with Crippen molar-refractivity contribution in [1.29, 1.82) is 0 Å². The van der Waals surface area contributed by atoms with E-state index in [9.17, 15) is 26.2 Å². The third-order valence-corrected chi connectivity index (χ3v) is 7.55. The van der Waals surface area contributed by atoms with Gasteiger partial charge in [-0.3, -0.25) is 9.35 Å². The fraction of sp³-hybridized carbons (Fsp3) is 0.158. The van der Waals surface area contributed by atoms with Crippen LogP contribution in [-0.4, -0.2) is 46.2 Å². The maximum absolute atomic E-state index is 13.0. The molecule has 0 radical (unpaired) electrons. The average Bonchev–Trinajstić information content (AvgIpc) is 3.05. The lowest BCUT2D eigenvalue weighted by Gasteiger charge is -2.15. The minimum absolute atomic E-state index is 0.0437. The number of amides is 1. The van der Waals surface area contributed by atoms with Crippen LogP contribution in [0.2, 0.25) is 10.0 Å². The van der Waals surface area contributed by atoms with E-state index in [4.69, 9.17) is 27.9 Å². The lowest BCUT2D eigenvalue weighted by atomic mass is 10.2. The average molecular weight is 547 g/mol. The van der Waals surface area contributed by atoms with Crippen LogP contribution in [0.3, 0.4) is 0 Å². The molecule has 1 aliphatic rings. The number of anilines is 1. The summed E-state index contributed by atoms with van der Waals surface area (Å²) in [6, 6.07) is 4.67. The zero-order valence-electron chi connectivity index (χ0n) is 17.5. The molecule has 1 heterocycles. The summed E-state index contributed by atoms with van der Waals surface area (Å²) >= 11 is 12.0. The van der Waals surface area contributed by atoms with Crippen LogP contribution in [-0.2, 0) is 24.7 Å².